The molecule has 2 aromatic rings. The lowest BCUT2D eigenvalue weighted by atomic mass is 10.1. The molecule has 0 atom stereocenters. The SMILES string of the molecule is COc1cccc(OC(=O)c2cccc(C(C)=O)c2)c1. The monoisotopic (exact) mass is 270 g/mol. The molecule has 2 aromatic carbocycles. The van der Waals surface area contributed by atoms with E-state index in [1.54, 1.807) is 42.5 Å². The maximum absolute atomic E-state index is 12.0. The van der Waals surface area contributed by atoms with Gasteiger partial charge >= 0.3 is 5.97 Å². The Morgan fingerprint density at radius 1 is 0.900 bits per heavy atom. The number of ketones is 1. The van der Waals surface area contributed by atoms with E-state index in [1.165, 1.54) is 20.1 Å². The van der Waals surface area contributed by atoms with Gasteiger partial charge in [-0.05, 0) is 31.2 Å². The Balaban J connectivity index is 2.19. The van der Waals surface area contributed by atoms with E-state index in [2.05, 4.69) is 0 Å². The number of hydrogen-bond donors (Lipinski definition) is 0. The molecule has 0 radical (unpaired) electrons. The largest absolute Gasteiger partial charge is 0.497 e. The molecule has 4 heteroatoms. The lowest BCUT2D eigenvalue weighted by Gasteiger charge is -2.06. The molecule has 102 valence electrons. The van der Waals surface area contributed by atoms with Crippen molar-refractivity contribution in [2.75, 3.05) is 7.11 Å². The van der Waals surface area contributed by atoms with Gasteiger partial charge in [-0.3, -0.25) is 4.79 Å². The molecular formula is C16H14O4. The number of methoxy groups -OCH3 is 1. The number of esters is 1. The third kappa shape index (κ3) is 3.23. The summed E-state index contributed by atoms with van der Waals surface area (Å²) < 4.78 is 10.3. The van der Waals surface area contributed by atoms with Crippen molar-refractivity contribution in [1.82, 2.24) is 0 Å². The van der Waals surface area contributed by atoms with E-state index in [9.17, 15) is 9.59 Å². The van der Waals surface area contributed by atoms with Crippen LogP contribution in [0.2, 0.25) is 0 Å². The van der Waals surface area contributed by atoms with Gasteiger partial charge in [-0.25, -0.2) is 4.79 Å². The highest BCUT2D eigenvalue weighted by atomic mass is 16.5. The summed E-state index contributed by atoms with van der Waals surface area (Å²) in [5.41, 5.74) is 0.811. The summed E-state index contributed by atoms with van der Waals surface area (Å²) in [6.45, 7) is 1.45. The van der Waals surface area contributed by atoms with Gasteiger partial charge in [0.05, 0.1) is 12.7 Å². The fraction of sp³-hybridized carbons (Fsp3) is 0.125. The van der Waals surface area contributed by atoms with Crippen LogP contribution in [0.25, 0.3) is 0 Å². The van der Waals surface area contributed by atoms with E-state index in [4.69, 9.17) is 9.47 Å². The Bertz CT molecular complexity index is 646. The fourth-order valence-corrected chi connectivity index (χ4v) is 1.70. The molecule has 0 heterocycles. The summed E-state index contributed by atoms with van der Waals surface area (Å²) in [4.78, 5) is 23.3. The maximum Gasteiger partial charge on any atom is 0.343 e. The van der Waals surface area contributed by atoms with Crippen molar-refractivity contribution < 1.29 is 19.1 Å². The molecule has 0 bridgehead atoms. The standard InChI is InChI=1S/C16H14O4/c1-11(17)12-5-3-6-13(9-12)16(18)20-15-8-4-7-14(10-15)19-2/h3-10H,1-2H3. The molecule has 4 nitrogen and oxygen atoms in total. The maximum atomic E-state index is 12.0. The zero-order chi connectivity index (χ0) is 14.5. The average molecular weight is 270 g/mol. The van der Waals surface area contributed by atoms with Gasteiger partial charge in [-0.1, -0.05) is 18.2 Å². The van der Waals surface area contributed by atoms with E-state index in [-0.39, 0.29) is 5.78 Å². The van der Waals surface area contributed by atoms with Crippen LogP contribution in [0.1, 0.15) is 27.6 Å². The topological polar surface area (TPSA) is 52.6 Å². The molecule has 0 aliphatic rings. The van der Waals surface area contributed by atoms with Crippen molar-refractivity contribution in [2.45, 2.75) is 6.92 Å². The zero-order valence-electron chi connectivity index (χ0n) is 11.3. The molecule has 2 rings (SSSR count). The highest BCUT2D eigenvalue weighted by Gasteiger charge is 2.11. The van der Waals surface area contributed by atoms with Crippen LogP contribution in [0.4, 0.5) is 0 Å². The first kappa shape index (κ1) is 13.8. The molecule has 0 aliphatic carbocycles. The van der Waals surface area contributed by atoms with E-state index < -0.39 is 5.97 Å². The first-order valence-corrected chi connectivity index (χ1v) is 6.07. The number of rotatable bonds is 4. The lowest BCUT2D eigenvalue weighted by molar-refractivity contribution is 0.0734. The molecule has 0 aliphatic heterocycles. The molecule has 0 spiro atoms. The van der Waals surface area contributed by atoms with Crippen molar-refractivity contribution in [1.29, 1.82) is 0 Å². The van der Waals surface area contributed by atoms with Crippen molar-refractivity contribution in [2.24, 2.45) is 0 Å². The number of carbonyl (C=O) groups excluding carboxylic acids is 2. The van der Waals surface area contributed by atoms with Gasteiger partial charge in [0.2, 0.25) is 0 Å². The number of ether oxygens (including phenoxy) is 2. The smallest absolute Gasteiger partial charge is 0.343 e. The molecule has 0 fully saturated rings. The lowest BCUT2D eigenvalue weighted by Crippen LogP contribution is -2.09. The molecule has 0 saturated carbocycles. The summed E-state index contributed by atoms with van der Waals surface area (Å²) in [5, 5.41) is 0. The molecule has 0 aromatic heterocycles. The summed E-state index contributed by atoms with van der Waals surface area (Å²) in [6, 6.07) is 13.2. The van der Waals surface area contributed by atoms with Gasteiger partial charge in [0, 0.05) is 11.6 Å². The van der Waals surface area contributed by atoms with Crippen molar-refractivity contribution >= 4 is 11.8 Å². The Morgan fingerprint density at radius 3 is 2.25 bits per heavy atom. The summed E-state index contributed by atoms with van der Waals surface area (Å²) in [7, 11) is 1.54. The highest BCUT2D eigenvalue weighted by Crippen LogP contribution is 2.20. The Kier molecular flexibility index (Phi) is 4.15. The summed E-state index contributed by atoms with van der Waals surface area (Å²) in [6.07, 6.45) is 0. The predicted molar refractivity (Wildman–Crippen MR) is 74.4 cm³/mol. The van der Waals surface area contributed by atoms with Crippen LogP contribution in [0.3, 0.4) is 0 Å². The third-order valence-electron chi connectivity index (χ3n) is 2.76. The molecule has 20 heavy (non-hydrogen) atoms. The fourth-order valence-electron chi connectivity index (χ4n) is 1.70. The van der Waals surface area contributed by atoms with Gasteiger partial charge in [0.25, 0.3) is 0 Å². The minimum atomic E-state index is -0.513. The summed E-state index contributed by atoms with van der Waals surface area (Å²) in [5.74, 6) is 0.387. The van der Waals surface area contributed by atoms with Crippen LogP contribution in [0, 0.1) is 0 Å². The quantitative estimate of drug-likeness (QED) is 0.486. The van der Waals surface area contributed by atoms with Crippen LogP contribution in [-0.4, -0.2) is 18.9 Å². The van der Waals surface area contributed by atoms with Crippen LogP contribution < -0.4 is 9.47 Å². The van der Waals surface area contributed by atoms with Gasteiger partial charge in [0.1, 0.15) is 11.5 Å². The Morgan fingerprint density at radius 2 is 1.55 bits per heavy atom. The molecule has 0 N–H and O–H groups in total. The van der Waals surface area contributed by atoms with Gasteiger partial charge in [-0.2, -0.15) is 0 Å². The molecule has 0 unspecified atom stereocenters. The minimum Gasteiger partial charge on any atom is -0.497 e. The number of benzene rings is 2. The minimum absolute atomic E-state index is 0.0963. The van der Waals surface area contributed by atoms with E-state index >= 15 is 0 Å². The molecular weight excluding hydrogens is 256 g/mol. The first-order chi connectivity index (χ1) is 9.60. The molecule has 0 amide bonds. The Hall–Kier alpha value is -2.62. The van der Waals surface area contributed by atoms with Crippen LogP contribution >= 0.6 is 0 Å². The van der Waals surface area contributed by atoms with E-state index in [0.717, 1.165) is 0 Å². The normalized spacial score (nSPS) is 9.90. The predicted octanol–water partition coefficient (Wildman–Crippen LogP) is 3.12. The van der Waals surface area contributed by atoms with Crippen LogP contribution in [-0.2, 0) is 0 Å². The number of hydrogen-bond acceptors (Lipinski definition) is 4. The van der Waals surface area contributed by atoms with E-state index in [1.807, 2.05) is 0 Å². The van der Waals surface area contributed by atoms with Crippen molar-refractivity contribution in [3.8, 4) is 11.5 Å². The van der Waals surface area contributed by atoms with Gasteiger partial charge in [-0.15, -0.1) is 0 Å². The van der Waals surface area contributed by atoms with Crippen LogP contribution in [0.5, 0.6) is 11.5 Å². The Labute approximate surface area is 116 Å². The average Bonchev–Trinajstić information content (AvgIpc) is 2.47. The first-order valence-electron chi connectivity index (χ1n) is 6.07. The number of Topliss-reactive ketones (excluding diaryl/α,β-unsaturated/α-hetero) is 1. The highest BCUT2D eigenvalue weighted by molar-refractivity contribution is 5.98. The molecule has 0 saturated heterocycles. The van der Waals surface area contributed by atoms with Gasteiger partial charge < -0.3 is 9.47 Å². The third-order valence-corrected chi connectivity index (χ3v) is 2.76. The van der Waals surface area contributed by atoms with Crippen LogP contribution in [0.15, 0.2) is 48.5 Å². The van der Waals surface area contributed by atoms with Crippen molar-refractivity contribution in [3.05, 3.63) is 59.7 Å². The van der Waals surface area contributed by atoms with E-state index in [0.29, 0.717) is 22.6 Å². The van der Waals surface area contributed by atoms with Gasteiger partial charge in [0.15, 0.2) is 5.78 Å². The second-order valence-electron chi connectivity index (χ2n) is 4.21. The zero-order valence-corrected chi connectivity index (χ0v) is 11.3. The second kappa shape index (κ2) is 6.02. The van der Waals surface area contributed by atoms with Crippen molar-refractivity contribution in [3.63, 3.8) is 0 Å². The summed E-state index contributed by atoms with van der Waals surface area (Å²) >= 11 is 0. The second-order valence-corrected chi connectivity index (χ2v) is 4.21. The number of carbonyl (C=O) groups is 2.